The van der Waals surface area contributed by atoms with Crippen LogP contribution in [0.5, 0.6) is 0 Å². The summed E-state index contributed by atoms with van der Waals surface area (Å²) in [6.07, 6.45) is 0. The number of halogens is 1. The third kappa shape index (κ3) is 4.44. The van der Waals surface area contributed by atoms with Crippen molar-refractivity contribution in [2.24, 2.45) is 0 Å². The lowest BCUT2D eigenvalue weighted by molar-refractivity contribution is 0.199. The average Bonchev–Trinajstić information content (AvgIpc) is 2.45. The number of hydrogen-bond acceptors (Lipinski definition) is 3. The van der Waals surface area contributed by atoms with Gasteiger partial charge in [-0.15, -0.1) is 0 Å². The van der Waals surface area contributed by atoms with E-state index in [4.69, 9.17) is 0 Å². The standard InChI is InChI=1S/C17H28BrN3/c1-5-20-8-9-21(12-14(20)4)16-7-6-15(17(18)10-16)11-19-13(2)3/h6-7,10,13-14,19H,5,8-9,11-12H2,1-4H3. The van der Waals surface area contributed by atoms with Crippen molar-refractivity contribution in [3.63, 3.8) is 0 Å². The maximum Gasteiger partial charge on any atom is 0.0378 e. The zero-order chi connectivity index (χ0) is 15.4. The van der Waals surface area contributed by atoms with Crippen molar-refractivity contribution in [2.75, 3.05) is 31.1 Å². The molecular weight excluding hydrogens is 326 g/mol. The first-order valence-electron chi connectivity index (χ1n) is 8.02. The fourth-order valence-corrected chi connectivity index (χ4v) is 3.40. The highest BCUT2D eigenvalue weighted by molar-refractivity contribution is 9.10. The van der Waals surface area contributed by atoms with Crippen molar-refractivity contribution in [2.45, 2.75) is 46.3 Å². The summed E-state index contributed by atoms with van der Waals surface area (Å²) >= 11 is 3.73. The van der Waals surface area contributed by atoms with Gasteiger partial charge in [0, 0.05) is 48.4 Å². The fourth-order valence-electron chi connectivity index (χ4n) is 2.89. The Morgan fingerprint density at radius 1 is 1.33 bits per heavy atom. The molecule has 118 valence electrons. The summed E-state index contributed by atoms with van der Waals surface area (Å²) in [5, 5.41) is 3.47. The molecule has 1 heterocycles. The number of nitrogens with one attached hydrogen (secondary N) is 1. The van der Waals surface area contributed by atoms with E-state index in [0.717, 1.165) is 32.7 Å². The number of hydrogen-bond donors (Lipinski definition) is 1. The Bertz CT molecular complexity index is 461. The molecule has 2 rings (SSSR count). The number of benzene rings is 1. The maximum atomic E-state index is 3.73. The molecule has 0 aliphatic carbocycles. The summed E-state index contributed by atoms with van der Waals surface area (Å²) in [6, 6.07) is 7.91. The second kappa shape index (κ2) is 7.61. The van der Waals surface area contributed by atoms with Crippen LogP contribution in [0.4, 0.5) is 5.69 Å². The highest BCUT2D eigenvalue weighted by atomic mass is 79.9. The maximum absolute atomic E-state index is 3.73. The second-order valence-corrected chi connectivity index (χ2v) is 7.09. The Morgan fingerprint density at radius 3 is 2.67 bits per heavy atom. The lowest BCUT2D eigenvalue weighted by Crippen LogP contribution is -2.51. The van der Waals surface area contributed by atoms with Gasteiger partial charge in [0.1, 0.15) is 0 Å². The molecule has 0 amide bonds. The van der Waals surface area contributed by atoms with Gasteiger partial charge in [0.25, 0.3) is 0 Å². The first-order chi connectivity index (χ1) is 10.0. The van der Waals surface area contributed by atoms with E-state index in [1.807, 2.05) is 0 Å². The second-order valence-electron chi connectivity index (χ2n) is 6.23. The van der Waals surface area contributed by atoms with Gasteiger partial charge < -0.3 is 10.2 Å². The molecule has 0 saturated carbocycles. The molecule has 4 heteroatoms. The van der Waals surface area contributed by atoms with Crippen LogP contribution in [0.15, 0.2) is 22.7 Å². The van der Waals surface area contributed by atoms with Crippen LogP contribution in [0, 0.1) is 0 Å². The monoisotopic (exact) mass is 353 g/mol. The van der Waals surface area contributed by atoms with E-state index in [1.165, 1.54) is 15.7 Å². The van der Waals surface area contributed by atoms with Gasteiger partial charge in [0.05, 0.1) is 0 Å². The Kier molecular flexibility index (Phi) is 6.08. The first-order valence-corrected chi connectivity index (χ1v) is 8.81. The highest BCUT2D eigenvalue weighted by Gasteiger charge is 2.22. The van der Waals surface area contributed by atoms with Crippen molar-refractivity contribution in [3.8, 4) is 0 Å². The summed E-state index contributed by atoms with van der Waals surface area (Å²) in [5.41, 5.74) is 2.66. The minimum Gasteiger partial charge on any atom is -0.369 e. The van der Waals surface area contributed by atoms with Gasteiger partial charge in [-0.25, -0.2) is 0 Å². The van der Waals surface area contributed by atoms with E-state index in [-0.39, 0.29) is 0 Å². The lowest BCUT2D eigenvalue weighted by Gasteiger charge is -2.40. The van der Waals surface area contributed by atoms with Gasteiger partial charge in [-0.3, -0.25) is 4.90 Å². The van der Waals surface area contributed by atoms with E-state index in [1.54, 1.807) is 0 Å². The van der Waals surface area contributed by atoms with Crippen molar-refractivity contribution < 1.29 is 0 Å². The van der Waals surface area contributed by atoms with Crippen molar-refractivity contribution in [1.82, 2.24) is 10.2 Å². The normalized spacial score (nSPS) is 20.3. The molecule has 1 aromatic carbocycles. The van der Waals surface area contributed by atoms with Gasteiger partial charge in [-0.1, -0.05) is 42.8 Å². The number of nitrogens with zero attached hydrogens (tertiary/aromatic N) is 2. The summed E-state index contributed by atoms with van der Waals surface area (Å²) in [6.45, 7) is 14.4. The van der Waals surface area contributed by atoms with Crippen molar-refractivity contribution in [1.29, 1.82) is 0 Å². The smallest absolute Gasteiger partial charge is 0.0378 e. The van der Waals surface area contributed by atoms with Crippen LogP contribution in [0.2, 0.25) is 0 Å². The van der Waals surface area contributed by atoms with Crippen molar-refractivity contribution >= 4 is 21.6 Å². The Labute approximate surface area is 137 Å². The summed E-state index contributed by atoms with van der Waals surface area (Å²) in [4.78, 5) is 5.05. The lowest BCUT2D eigenvalue weighted by atomic mass is 10.1. The number of rotatable bonds is 5. The molecular formula is C17H28BrN3. The van der Waals surface area contributed by atoms with E-state index in [0.29, 0.717) is 12.1 Å². The Morgan fingerprint density at radius 2 is 2.10 bits per heavy atom. The molecule has 1 N–H and O–H groups in total. The predicted molar refractivity (Wildman–Crippen MR) is 95.0 cm³/mol. The molecule has 1 saturated heterocycles. The van der Waals surface area contributed by atoms with Crippen molar-refractivity contribution in [3.05, 3.63) is 28.2 Å². The van der Waals surface area contributed by atoms with Crippen LogP contribution >= 0.6 is 15.9 Å². The minimum atomic E-state index is 0.513. The highest BCUT2D eigenvalue weighted by Crippen LogP contribution is 2.26. The zero-order valence-corrected chi connectivity index (χ0v) is 15.3. The molecule has 1 aromatic rings. The van der Waals surface area contributed by atoms with Crippen LogP contribution in [-0.4, -0.2) is 43.2 Å². The zero-order valence-electron chi connectivity index (χ0n) is 13.7. The molecule has 21 heavy (non-hydrogen) atoms. The average molecular weight is 354 g/mol. The van der Waals surface area contributed by atoms with E-state index >= 15 is 0 Å². The van der Waals surface area contributed by atoms with Crippen LogP contribution in [0.1, 0.15) is 33.3 Å². The fraction of sp³-hybridized carbons (Fsp3) is 0.647. The molecule has 0 spiro atoms. The molecule has 1 aliphatic heterocycles. The molecule has 1 unspecified atom stereocenters. The molecule has 0 bridgehead atoms. The molecule has 0 aromatic heterocycles. The minimum absolute atomic E-state index is 0.513. The predicted octanol–water partition coefficient (Wildman–Crippen LogP) is 3.48. The SMILES string of the molecule is CCN1CCN(c2ccc(CNC(C)C)c(Br)c2)CC1C. The van der Waals surface area contributed by atoms with Gasteiger partial charge in [-0.05, 0) is 31.2 Å². The molecule has 1 atom stereocenters. The van der Waals surface area contributed by atoms with Gasteiger partial charge in [-0.2, -0.15) is 0 Å². The van der Waals surface area contributed by atoms with Gasteiger partial charge in [0.15, 0.2) is 0 Å². The topological polar surface area (TPSA) is 18.5 Å². The molecule has 3 nitrogen and oxygen atoms in total. The quantitative estimate of drug-likeness (QED) is 0.874. The van der Waals surface area contributed by atoms with E-state index in [9.17, 15) is 0 Å². The molecule has 1 fully saturated rings. The van der Waals surface area contributed by atoms with E-state index < -0.39 is 0 Å². The van der Waals surface area contributed by atoms with Crippen LogP contribution < -0.4 is 10.2 Å². The number of anilines is 1. The molecule has 1 aliphatic rings. The first kappa shape index (κ1) is 16.8. The van der Waals surface area contributed by atoms with Crippen LogP contribution in [0.3, 0.4) is 0 Å². The van der Waals surface area contributed by atoms with Crippen LogP contribution in [-0.2, 0) is 6.54 Å². The summed E-state index contributed by atoms with van der Waals surface area (Å²) in [7, 11) is 0. The number of piperazine rings is 1. The Hall–Kier alpha value is -0.580. The molecule has 0 radical (unpaired) electrons. The number of likely N-dealkylation sites (N-methyl/N-ethyl adjacent to an activating group) is 1. The van der Waals surface area contributed by atoms with Gasteiger partial charge in [0.2, 0.25) is 0 Å². The van der Waals surface area contributed by atoms with E-state index in [2.05, 4.69) is 76.9 Å². The van der Waals surface area contributed by atoms with Gasteiger partial charge >= 0.3 is 0 Å². The third-order valence-corrected chi connectivity index (χ3v) is 5.01. The van der Waals surface area contributed by atoms with Crippen LogP contribution in [0.25, 0.3) is 0 Å². The Balaban J connectivity index is 2.03. The summed E-state index contributed by atoms with van der Waals surface area (Å²) in [5.74, 6) is 0. The third-order valence-electron chi connectivity index (χ3n) is 4.27. The summed E-state index contributed by atoms with van der Waals surface area (Å²) < 4.78 is 1.21. The largest absolute Gasteiger partial charge is 0.369 e.